The minimum Gasteiger partial charge on any atom is -0.231 e. The number of aromatic nitrogens is 2. The molecule has 27 heavy (non-hydrogen) atoms. The predicted octanol–water partition coefficient (Wildman–Crippen LogP) is 6.45. The first kappa shape index (κ1) is 17.4. The van der Waals surface area contributed by atoms with Gasteiger partial charge in [-0.15, -0.1) is 0 Å². The molecule has 0 N–H and O–H groups in total. The van der Waals surface area contributed by atoms with E-state index < -0.39 is 0 Å². The first-order valence-electron chi connectivity index (χ1n) is 8.40. The summed E-state index contributed by atoms with van der Waals surface area (Å²) < 4.78 is 28.4. The number of benzene rings is 3. The lowest BCUT2D eigenvalue weighted by Crippen LogP contribution is -1.99. The Hall–Kier alpha value is -2.98. The van der Waals surface area contributed by atoms with Crippen molar-refractivity contribution in [2.75, 3.05) is 0 Å². The minimum absolute atomic E-state index is 0.324. The van der Waals surface area contributed by atoms with Crippen LogP contribution in [0.25, 0.3) is 28.2 Å². The molecule has 5 heteroatoms. The molecule has 4 rings (SSSR count). The number of aryl methyl sites for hydroxylation is 1. The number of rotatable bonds is 3. The fraction of sp³-hybridized carbons (Fsp3) is 0.0455. The van der Waals surface area contributed by atoms with Crippen molar-refractivity contribution in [3.05, 3.63) is 95.0 Å². The number of hydrogen-bond donors (Lipinski definition) is 0. The maximum Gasteiger partial charge on any atom is 0.123 e. The third-order valence-electron chi connectivity index (χ3n) is 4.31. The quantitative estimate of drug-likeness (QED) is 0.399. The summed E-state index contributed by atoms with van der Waals surface area (Å²) in [4.78, 5) is 0. The van der Waals surface area contributed by atoms with Crippen LogP contribution in [-0.2, 0) is 0 Å². The van der Waals surface area contributed by atoms with E-state index in [0.29, 0.717) is 22.0 Å². The Bertz CT molecular complexity index is 1100. The van der Waals surface area contributed by atoms with Gasteiger partial charge >= 0.3 is 0 Å². The largest absolute Gasteiger partial charge is 0.231 e. The molecule has 0 aliphatic carbocycles. The Morgan fingerprint density at radius 1 is 0.815 bits per heavy atom. The molecule has 0 unspecified atom stereocenters. The van der Waals surface area contributed by atoms with Crippen LogP contribution in [0.2, 0.25) is 5.02 Å². The molecule has 1 aromatic heterocycles. The van der Waals surface area contributed by atoms with Crippen molar-refractivity contribution in [3.63, 3.8) is 0 Å². The molecule has 2 nitrogen and oxygen atoms in total. The van der Waals surface area contributed by atoms with E-state index in [-0.39, 0.29) is 11.6 Å². The molecule has 0 saturated heterocycles. The van der Waals surface area contributed by atoms with Crippen molar-refractivity contribution in [2.45, 2.75) is 6.92 Å². The average molecular weight is 381 g/mol. The number of hydrogen-bond acceptors (Lipinski definition) is 1. The summed E-state index contributed by atoms with van der Waals surface area (Å²) >= 11 is 6.70. The molecular formula is C22H15ClF2N2. The fourth-order valence-electron chi connectivity index (χ4n) is 2.99. The zero-order valence-electron chi connectivity index (χ0n) is 14.5. The fourth-order valence-corrected chi connectivity index (χ4v) is 3.33. The second-order valence-corrected chi connectivity index (χ2v) is 6.65. The van der Waals surface area contributed by atoms with E-state index in [2.05, 4.69) is 5.10 Å². The lowest BCUT2D eigenvalue weighted by molar-refractivity contribution is 0.627. The van der Waals surface area contributed by atoms with Gasteiger partial charge in [-0.1, -0.05) is 23.7 Å². The molecule has 0 radical (unpaired) electrons. The Balaban J connectivity index is 1.97. The molecule has 0 fully saturated rings. The highest BCUT2D eigenvalue weighted by Gasteiger charge is 2.20. The summed E-state index contributed by atoms with van der Waals surface area (Å²) in [6, 6.07) is 20.0. The van der Waals surface area contributed by atoms with Crippen molar-refractivity contribution >= 4 is 11.6 Å². The topological polar surface area (TPSA) is 17.8 Å². The molecule has 3 aromatic carbocycles. The highest BCUT2D eigenvalue weighted by molar-refractivity contribution is 6.35. The lowest BCUT2D eigenvalue weighted by atomic mass is 10.1. The van der Waals surface area contributed by atoms with Crippen molar-refractivity contribution in [1.29, 1.82) is 0 Å². The van der Waals surface area contributed by atoms with Gasteiger partial charge in [-0.05, 0) is 73.2 Å². The molecule has 0 spiro atoms. The van der Waals surface area contributed by atoms with Gasteiger partial charge in [0, 0.05) is 11.1 Å². The maximum absolute atomic E-state index is 13.4. The minimum atomic E-state index is -0.327. The summed E-state index contributed by atoms with van der Waals surface area (Å²) in [7, 11) is 0. The zero-order chi connectivity index (χ0) is 19.0. The van der Waals surface area contributed by atoms with Crippen LogP contribution < -0.4 is 0 Å². The molecule has 0 amide bonds. The summed E-state index contributed by atoms with van der Waals surface area (Å²) in [5.41, 5.74) is 4.55. The monoisotopic (exact) mass is 380 g/mol. The lowest BCUT2D eigenvalue weighted by Gasteiger charge is -2.09. The molecule has 0 atom stereocenters. The summed E-state index contributed by atoms with van der Waals surface area (Å²) in [5, 5.41) is 5.11. The van der Waals surface area contributed by atoms with E-state index in [1.807, 2.05) is 31.2 Å². The van der Waals surface area contributed by atoms with Crippen LogP contribution in [-0.4, -0.2) is 9.78 Å². The highest BCUT2D eigenvalue weighted by atomic mass is 35.5. The standard InChI is InChI=1S/C22H15ClF2N2/c1-14-3-2-4-19(13-14)27-22(16-7-11-18(25)12-8-16)20(23)21(26-27)15-5-9-17(24)10-6-15/h2-13H,1H3. The van der Waals surface area contributed by atoms with Gasteiger partial charge in [-0.2, -0.15) is 5.10 Å². The van der Waals surface area contributed by atoms with Crippen LogP contribution in [0.5, 0.6) is 0 Å². The third-order valence-corrected chi connectivity index (χ3v) is 4.67. The molecule has 1 heterocycles. The summed E-state index contributed by atoms with van der Waals surface area (Å²) in [6.07, 6.45) is 0. The maximum atomic E-state index is 13.4. The zero-order valence-corrected chi connectivity index (χ0v) is 15.2. The first-order valence-corrected chi connectivity index (χ1v) is 8.78. The normalized spacial score (nSPS) is 11.0. The van der Waals surface area contributed by atoms with Crippen LogP contribution >= 0.6 is 11.6 Å². The Morgan fingerprint density at radius 2 is 1.41 bits per heavy atom. The van der Waals surface area contributed by atoms with Gasteiger partial charge in [0.05, 0.1) is 16.4 Å². The van der Waals surface area contributed by atoms with E-state index in [1.165, 1.54) is 24.3 Å². The number of nitrogens with zero attached hydrogens (tertiary/aromatic N) is 2. The average Bonchev–Trinajstić information content (AvgIpc) is 3.00. The van der Waals surface area contributed by atoms with Gasteiger partial charge in [-0.25, -0.2) is 13.5 Å². The van der Waals surface area contributed by atoms with Crippen LogP contribution in [0.1, 0.15) is 5.56 Å². The SMILES string of the molecule is Cc1cccc(-n2nc(-c3ccc(F)cc3)c(Cl)c2-c2ccc(F)cc2)c1. The van der Waals surface area contributed by atoms with Gasteiger partial charge in [0.2, 0.25) is 0 Å². The Labute approximate surface area is 160 Å². The Kier molecular flexibility index (Phi) is 4.50. The smallest absolute Gasteiger partial charge is 0.123 e. The van der Waals surface area contributed by atoms with Crippen molar-refractivity contribution in [3.8, 4) is 28.2 Å². The van der Waals surface area contributed by atoms with E-state index in [1.54, 1.807) is 28.9 Å². The molecule has 134 valence electrons. The molecule has 4 aromatic rings. The molecule has 0 aliphatic heterocycles. The highest BCUT2D eigenvalue weighted by Crippen LogP contribution is 2.38. The van der Waals surface area contributed by atoms with Gasteiger partial charge in [0.15, 0.2) is 0 Å². The molecule has 0 saturated carbocycles. The Morgan fingerprint density at radius 3 is 2.00 bits per heavy atom. The second kappa shape index (κ2) is 6.97. The van der Waals surface area contributed by atoms with Crippen LogP contribution in [0, 0.1) is 18.6 Å². The molecule has 0 aliphatic rings. The van der Waals surface area contributed by atoms with Crippen molar-refractivity contribution in [1.82, 2.24) is 9.78 Å². The van der Waals surface area contributed by atoms with E-state index in [9.17, 15) is 8.78 Å². The molecule has 0 bridgehead atoms. The third kappa shape index (κ3) is 3.36. The van der Waals surface area contributed by atoms with E-state index in [0.717, 1.165) is 16.8 Å². The van der Waals surface area contributed by atoms with E-state index in [4.69, 9.17) is 11.6 Å². The van der Waals surface area contributed by atoms with Gasteiger partial charge in [0.1, 0.15) is 17.3 Å². The van der Waals surface area contributed by atoms with Crippen LogP contribution in [0.4, 0.5) is 8.78 Å². The second-order valence-electron chi connectivity index (χ2n) is 6.28. The van der Waals surface area contributed by atoms with Crippen molar-refractivity contribution < 1.29 is 8.78 Å². The van der Waals surface area contributed by atoms with Gasteiger partial charge in [-0.3, -0.25) is 0 Å². The van der Waals surface area contributed by atoms with Crippen LogP contribution in [0.15, 0.2) is 72.8 Å². The van der Waals surface area contributed by atoms with Gasteiger partial charge in [0.25, 0.3) is 0 Å². The molecular weight excluding hydrogens is 366 g/mol. The first-order chi connectivity index (χ1) is 13.0. The summed E-state index contributed by atoms with van der Waals surface area (Å²) in [5.74, 6) is -0.651. The summed E-state index contributed by atoms with van der Waals surface area (Å²) in [6.45, 7) is 1.99. The predicted molar refractivity (Wildman–Crippen MR) is 104 cm³/mol. The van der Waals surface area contributed by atoms with Crippen LogP contribution in [0.3, 0.4) is 0 Å². The van der Waals surface area contributed by atoms with E-state index >= 15 is 0 Å². The number of halogens is 3. The van der Waals surface area contributed by atoms with Gasteiger partial charge < -0.3 is 0 Å². The van der Waals surface area contributed by atoms with Crippen molar-refractivity contribution in [2.24, 2.45) is 0 Å².